The molecule has 1 aliphatic rings. The monoisotopic (exact) mass is 387 g/mol. The van der Waals surface area contributed by atoms with E-state index in [2.05, 4.69) is 29.3 Å². The lowest BCUT2D eigenvalue weighted by Gasteiger charge is -2.36. The van der Waals surface area contributed by atoms with Crippen molar-refractivity contribution in [3.8, 4) is 5.75 Å². The van der Waals surface area contributed by atoms with Gasteiger partial charge in [0.2, 0.25) is 5.91 Å². The summed E-state index contributed by atoms with van der Waals surface area (Å²) in [4.78, 5) is 16.8. The number of nitrogens with one attached hydrogen (secondary N) is 1. The average molecular weight is 388 g/mol. The number of benzene rings is 2. The molecule has 27 heavy (non-hydrogen) atoms. The molecule has 1 saturated heterocycles. The zero-order valence-electron chi connectivity index (χ0n) is 15.8. The number of carbonyl (C=O) groups is 1. The van der Waals surface area contributed by atoms with E-state index in [0.29, 0.717) is 6.54 Å². The van der Waals surface area contributed by atoms with E-state index in [1.165, 1.54) is 0 Å². The first-order valence-corrected chi connectivity index (χ1v) is 9.60. The molecular weight excluding hydrogens is 362 g/mol. The largest absolute Gasteiger partial charge is 0.497 e. The van der Waals surface area contributed by atoms with E-state index in [1.54, 1.807) is 7.11 Å². The normalized spacial score (nSPS) is 15.5. The summed E-state index contributed by atoms with van der Waals surface area (Å²) in [5, 5.41) is 4.03. The molecule has 0 unspecified atom stereocenters. The van der Waals surface area contributed by atoms with E-state index in [4.69, 9.17) is 16.3 Å². The Bertz CT molecular complexity index is 741. The Hall–Kier alpha value is -2.24. The second kappa shape index (κ2) is 9.11. The Kier molecular flexibility index (Phi) is 6.58. The third-order valence-corrected chi connectivity index (χ3v) is 5.25. The molecule has 1 heterocycles. The number of methoxy groups -OCH3 is 1. The van der Waals surface area contributed by atoms with Crippen LogP contribution in [0.15, 0.2) is 48.5 Å². The lowest BCUT2D eigenvalue weighted by Crippen LogP contribution is -2.51. The van der Waals surface area contributed by atoms with Crippen molar-refractivity contribution < 1.29 is 9.53 Å². The van der Waals surface area contributed by atoms with E-state index in [9.17, 15) is 4.79 Å². The van der Waals surface area contributed by atoms with Gasteiger partial charge >= 0.3 is 0 Å². The van der Waals surface area contributed by atoms with Gasteiger partial charge in [-0.2, -0.15) is 0 Å². The van der Waals surface area contributed by atoms with Crippen LogP contribution in [0, 0.1) is 0 Å². The molecule has 3 rings (SSSR count). The number of rotatable bonds is 6. The zero-order chi connectivity index (χ0) is 19.2. The Labute approximate surface area is 165 Å². The topological polar surface area (TPSA) is 44.8 Å². The number of halogens is 1. The summed E-state index contributed by atoms with van der Waals surface area (Å²) in [5.41, 5.74) is 2.29. The highest BCUT2D eigenvalue weighted by Crippen LogP contribution is 2.20. The molecule has 0 spiro atoms. The molecule has 1 fully saturated rings. The fraction of sp³-hybridized carbons (Fsp3) is 0.381. The lowest BCUT2D eigenvalue weighted by molar-refractivity contribution is -0.130. The predicted molar refractivity (Wildman–Crippen MR) is 110 cm³/mol. The van der Waals surface area contributed by atoms with Crippen LogP contribution in [0.25, 0.3) is 0 Å². The summed E-state index contributed by atoms with van der Waals surface area (Å²) >= 11 is 5.93. The van der Waals surface area contributed by atoms with Gasteiger partial charge in [0.1, 0.15) is 5.75 Å². The van der Waals surface area contributed by atoms with Crippen LogP contribution >= 0.6 is 11.6 Å². The maximum atomic E-state index is 12.5. The van der Waals surface area contributed by atoms with E-state index >= 15 is 0 Å². The zero-order valence-corrected chi connectivity index (χ0v) is 16.6. The molecule has 0 aromatic heterocycles. The summed E-state index contributed by atoms with van der Waals surface area (Å²) in [6, 6.07) is 15.9. The molecule has 5 nitrogen and oxygen atoms in total. The van der Waals surface area contributed by atoms with Crippen LogP contribution in [-0.2, 0) is 4.79 Å². The molecule has 2 aromatic carbocycles. The number of ether oxygens (including phenoxy) is 1. The van der Waals surface area contributed by atoms with Gasteiger partial charge in [0.25, 0.3) is 0 Å². The molecule has 1 aliphatic heterocycles. The van der Waals surface area contributed by atoms with Crippen LogP contribution in [0.2, 0.25) is 5.02 Å². The summed E-state index contributed by atoms with van der Waals surface area (Å²) in [7, 11) is 1.67. The number of hydrogen-bond acceptors (Lipinski definition) is 4. The minimum absolute atomic E-state index is 0.104. The Morgan fingerprint density at radius 3 is 2.30 bits per heavy atom. The van der Waals surface area contributed by atoms with E-state index < -0.39 is 0 Å². The van der Waals surface area contributed by atoms with Gasteiger partial charge in [0.15, 0.2) is 0 Å². The Morgan fingerprint density at radius 2 is 1.70 bits per heavy atom. The number of carbonyl (C=O) groups excluding carboxylic acids is 1. The Balaban J connectivity index is 1.45. The van der Waals surface area contributed by atoms with Gasteiger partial charge < -0.3 is 19.9 Å². The molecule has 144 valence electrons. The van der Waals surface area contributed by atoms with E-state index in [1.807, 2.05) is 41.3 Å². The second-order valence-electron chi connectivity index (χ2n) is 6.72. The first kappa shape index (κ1) is 19.5. The highest BCUT2D eigenvalue weighted by Gasteiger charge is 2.21. The van der Waals surface area contributed by atoms with Crippen LogP contribution < -0.4 is 15.0 Å². The lowest BCUT2D eigenvalue weighted by atomic mass is 10.1. The number of piperazine rings is 1. The molecule has 0 bridgehead atoms. The number of amides is 1. The number of hydrogen-bond donors (Lipinski definition) is 1. The van der Waals surface area contributed by atoms with Gasteiger partial charge in [-0.15, -0.1) is 0 Å². The minimum atomic E-state index is 0.104. The van der Waals surface area contributed by atoms with Crippen LogP contribution in [0.4, 0.5) is 5.69 Å². The van der Waals surface area contributed by atoms with Gasteiger partial charge in [-0.1, -0.05) is 23.7 Å². The number of nitrogens with zero attached hydrogens (tertiary/aromatic N) is 2. The molecule has 1 amide bonds. The molecule has 0 radical (unpaired) electrons. The van der Waals surface area contributed by atoms with Crippen LogP contribution in [-0.4, -0.2) is 50.6 Å². The molecular formula is C21H26ClN3O2. The first-order valence-electron chi connectivity index (χ1n) is 9.22. The number of anilines is 1. The fourth-order valence-corrected chi connectivity index (χ4v) is 3.35. The van der Waals surface area contributed by atoms with Crippen molar-refractivity contribution in [2.75, 3.05) is 44.7 Å². The molecule has 1 atom stereocenters. The van der Waals surface area contributed by atoms with Gasteiger partial charge in [-0.3, -0.25) is 4.79 Å². The molecule has 2 aromatic rings. The van der Waals surface area contributed by atoms with Crippen LogP contribution in [0.5, 0.6) is 5.75 Å². The molecule has 1 N–H and O–H groups in total. The van der Waals surface area contributed by atoms with Crippen molar-refractivity contribution in [3.05, 3.63) is 59.1 Å². The highest BCUT2D eigenvalue weighted by atomic mass is 35.5. The van der Waals surface area contributed by atoms with E-state index in [-0.39, 0.29) is 11.9 Å². The fourth-order valence-electron chi connectivity index (χ4n) is 3.23. The highest BCUT2D eigenvalue weighted by molar-refractivity contribution is 6.30. The van der Waals surface area contributed by atoms with Gasteiger partial charge in [-0.05, 0) is 48.9 Å². The van der Waals surface area contributed by atoms with Crippen molar-refractivity contribution in [2.24, 2.45) is 0 Å². The second-order valence-corrected chi connectivity index (χ2v) is 7.16. The van der Waals surface area contributed by atoms with Crippen molar-refractivity contribution in [2.45, 2.75) is 13.0 Å². The predicted octanol–water partition coefficient (Wildman–Crippen LogP) is 3.35. The smallest absolute Gasteiger partial charge is 0.236 e. The van der Waals surface area contributed by atoms with Crippen LogP contribution in [0.1, 0.15) is 18.5 Å². The van der Waals surface area contributed by atoms with Crippen molar-refractivity contribution >= 4 is 23.2 Å². The molecule has 0 saturated carbocycles. The standard InChI is InChI=1S/C21H26ClN3O2/c1-16(17-3-5-18(22)6-4-17)23-15-21(26)25-13-11-24(12-14-25)19-7-9-20(27-2)10-8-19/h3-10,16,23H,11-15H2,1-2H3/t16-/m0/s1. The average Bonchev–Trinajstić information content (AvgIpc) is 2.72. The summed E-state index contributed by atoms with van der Waals surface area (Å²) in [6.07, 6.45) is 0. The molecule has 6 heteroatoms. The van der Waals surface area contributed by atoms with Gasteiger partial charge in [-0.25, -0.2) is 0 Å². The SMILES string of the molecule is COc1ccc(N2CCN(C(=O)CN[C@@H](C)c3ccc(Cl)cc3)CC2)cc1. The maximum absolute atomic E-state index is 12.5. The van der Waals surface area contributed by atoms with Gasteiger partial charge in [0, 0.05) is 42.9 Å². The summed E-state index contributed by atoms with van der Waals surface area (Å²) < 4.78 is 5.20. The summed E-state index contributed by atoms with van der Waals surface area (Å²) in [5.74, 6) is 0.999. The molecule has 0 aliphatic carbocycles. The van der Waals surface area contributed by atoms with Gasteiger partial charge in [0.05, 0.1) is 13.7 Å². The van der Waals surface area contributed by atoms with Crippen LogP contribution in [0.3, 0.4) is 0 Å². The first-order chi connectivity index (χ1) is 13.1. The minimum Gasteiger partial charge on any atom is -0.497 e. The van der Waals surface area contributed by atoms with E-state index in [0.717, 1.165) is 48.2 Å². The third kappa shape index (κ3) is 5.15. The summed E-state index contributed by atoms with van der Waals surface area (Å²) in [6.45, 7) is 5.55. The van der Waals surface area contributed by atoms with Crippen molar-refractivity contribution in [1.82, 2.24) is 10.2 Å². The van der Waals surface area contributed by atoms with Crippen molar-refractivity contribution in [3.63, 3.8) is 0 Å². The third-order valence-electron chi connectivity index (χ3n) is 5.00. The van der Waals surface area contributed by atoms with Crippen molar-refractivity contribution in [1.29, 1.82) is 0 Å². The quantitative estimate of drug-likeness (QED) is 0.825. The maximum Gasteiger partial charge on any atom is 0.236 e. The Morgan fingerprint density at radius 1 is 1.07 bits per heavy atom.